The molecule has 0 aliphatic heterocycles. The number of imidazole rings is 1. The van der Waals surface area contributed by atoms with E-state index in [-0.39, 0.29) is 12.2 Å². The van der Waals surface area contributed by atoms with Crippen LogP contribution in [0.1, 0.15) is 30.5 Å². The summed E-state index contributed by atoms with van der Waals surface area (Å²) in [4.78, 5) is 20.6. The van der Waals surface area contributed by atoms with Crippen molar-refractivity contribution in [2.24, 2.45) is 0 Å². The molecule has 5 rings (SSSR count). The van der Waals surface area contributed by atoms with Gasteiger partial charge in [-0.15, -0.1) is 0 Å². The summed E-state index contributed by atoms with van der Waals surface area (Å²) < 4.78 is 0. The summed E-state index contributed by atoms with van der Waals surface area (Å²) in [5.74, 6) is 0.153. The van der Waals surface area contributed by atoms with Gasteiger partial charge in [0.05, 0.1) is 39.9 Å². The number of nitrogens with zero attached hydrogens (tertiary/aromatic N) is 3. The van der Waals surface area contributed by atoms with Gasteiger partial charge in [-0.05, 0) is 54.4 Å². The molecule has 5 aromatic rings. The van der Waals surface area contributed by atoms with Gasteiger partial charge in [-0.25, -0.2) is 4.98 Å². The number of H-pyrrole nitrogens is 1. The molecule has 0 amide bonds. The number of Topliss-reactive ketones (excluding diaryl/α,β-unsaturated/α-hetero) is 1. The molecule has 0 atom stereocenters. The van der Waals surface area contributed by atoms with E-state index in [9.17, 15) is 20.4 Å². The third kappa shape index (κ3) is 3.80. The van der Waals surface area contributed by atoms with Crippen LogP contribution in [0.4, 0.5) is 0 Å². The van der Waals surface area contributed by atoms with Crippen LogP contribution in [0.15, 0.2) is 54.6 Å². The number of aliphatic hydroxyl groups is 1. The molecule has 0 unspecified atom stereocenters. The Morgan fingerprint density at radius 2 is 1.66 bits per heavy atom. The van der Waals surface area contributed by atoms with Crippen LogP contribution in [-0.4, -0.2) is 26.5 Å². The number of ketones is 1. The lowest BCUT2D eigenvalue weighted by molar-refractivity contribution is -0.133. The summed E-state index contributed by atoms with van der Waals surface area (Å²) in [5, 5.41) is 33.4. The largest absolute Gasteiger partial charge is 0.383 e. The summed E-state index contributed by atoms with van der Waals surface area (Å²) in [7, 11) is 0. The van der Waals surface area contributed by atoms with Gasteiger partial charge in [0.15, 0.2) is 5.78 Å². The maximum Gasteiger partial charge on any atom is 0.168 e. The first-order valence-corrected chi connectivity index (χ1v) is 11.3. The number of rotatable bonds is 4. The van der Waals surface area contributed by atoms with Gasteiger partial charge in [0.25, 0.3) is 0 Å². The predicted molar refractivity (Wildman–Crippen MR) is 136 cm³/mol. The third-order valence-corrected chi connectivity index (χ3v) is 6.41. The van der Waals surface area contributed by atoms with E-state index >= 15 is 0 Å². The molecule has 170 valence electrons. The minimum Gasteiger partial charge on any atom is -0.383 e. The highest BCUT2D eigenvalue weighted by molar-refractivity contribution is 6.33. The Bertz CT molecular complexity index is 1730. The van der Waals surface area contributed by atoms with Crippen LogP contribution in [-0.2, 0) is 11.2 Å². The van der Waals surface area contributed by atoms with Crippen molar-refractivity contribution in [3.8, 4) is 23.5 Å². The van der Waals surface area contributed by atoms with Crippen molar-refractivity contribution in [2.45, 2.75) is 25.9 Å². The lowest BCUT2D eigenvalue weighted by Crippen LogP contribution is -2.32. The number of carbonyl (C=O) groups is 1. The molecule has 0 bridgehead atoms. The van der Waals surface area contributed by atoms with Crippen LogP contribution < -0.4 is 0 Å². The molecule has 7 heteroatoms. The Hall–Kier alpha value is -4.23. The number of benzene rings is 4. The second kappa shape index (κ2) is 8.21. The molecule has 0 spiro atoms. The fourth-order valence-corrected chi connectivity index (χ4v) is 4.54. The van der Waals surface area contributed by atoms with Crippen molar-refractivity contribution < 1.29 is 9.90 Å². The average molecular weight is 479 g/mol. The predicted octanol–water partition coefficient (Wildman–Crippen LogP) is 5.82. The topological polar surface area (TPSA) is 114 Å². The van der Waals surface area contributed by atoms with Gasteiger partial charge in [-0.1, -0.05) is 41.9 Å². The van der Waals surface area contributed by atoms with Crippen molar-refractivity contribution in [1.82, 2.24) is 9.97 Å². The number of nitrogens with one attached hydrogen (secondary N) is 1. The highest BCUT2D eigenvalue weighted by Crippen LogP contribution is 2.38. The van der Waals surface area contributed by atoms with E-state index in [4.69, 9.17) is 16.6 Å². The van der Waals surface area contributed by atoms with Crippen LogP contribution in [0.2, 0.25) is 5.02 Å². The monoisotopic (exact) mass is 478 g/mol. The minimum absolute atomic E-state index is 0.0921. The average Bonchev–Trinajstić information content (AvgIpc) is 3.28. The Balaban J connectivity index is 1.83. The van der Waals surface area contributed by atoms with Crippen LogP contribution in [0.25, 0.3) is 44.0 Å². The smallest absolute Gasteiger partial charge is 0.168 e. The molecule has 1 aromatic heterocycles. The van der Waals surface area contributed by atoms with Gasteiger partial charge in [-0.2, -0.15) is 10.5 Å². The van der Waals surface area contributed by atoms with E-state index in [0.29, 0.717) is 33.1 Å². The molecule has 0 fully saturated rings. The summed E-state index contributed by atoms with van der Waals surface area (Å²) in [6, 6.07) is 20.5. The zero-order valence-electron chi connectivity index (χ0n) is 19.0. The molecule has 0 aliphatic carbocycles. The van der Waals surface area contributed by atoms with Gasteiger partial charge in [0.2, 0.25) is 0 Å². The molecule has 0 aliphatic rings. The summed E-state index contributed by atoms with van der Waals surface area (Å²) >= 11 is 6.35. The molecule has 35 heavy (non-hydrogen) atoms. The summed E-state index contributed by atoms with van der Waals surface area (Å²) in [5.41, 5.74) is 1.95. The molecular weight excluding hydrogens is 460 g/mol. The SMILES string of the molecule is CC(C)(O)C(=O)Cc1ccc2c(c1)c1cc(Cl)ccc1c1nc(-c3c(C#N)cccc3C#N)[nH]c21. The van der Waals surface area contributed by atoms with E-state index in [1.54, 1.807) is 24.3 Å². The van der Waals surface area contributed by atoms with Crippen LogP contribution in [0.3, 0.4) is 0 Å². The maximum absolute atomic E-state index is 12.4. The molecule has 0 saturated heterocycles. The quantitative estimate of drug-likeness (QED) is 0.316. The minimum atomic E-state index is -1.42. The van der Waals surface area contributed by atoms with Crippen LogP contribution in [0, 0.1) is 22.7 Å². The normalized spacial score (nSPS) is 11.6. The number of aromatic amines is 1. The van der Waals surface area contributed by atoms with Crippen molar-refractivity contribution in [1.29, 1.82) is 10.5 Å². The summed E-state index contributed by atoms with van der Waals surface area (Å²) in [6.07, 6.45) is 0.0921. The second-order valence-corrected chi connectivity index (χ2v) is 9.43. The molecule has 2 N–H and O–H groups in total. The number of halogens is 1. The van der Waals surface area contributed by atoms with Crippen molar-refractivity contribution >= 4 is 50.0 Å². The van der Waals surface area contributed by atoms with Gasteiger partial charge in [-0.3, -0.25) is 4.79 Å². The van der Waals surface area contributed by atoms with Gasteiger partial charge in [0.1, 0.15) is 11.4 Å². The van der Waals surface area contributed by atoms with Crippen LogP contribution >= 0.6 is 11.6 Å². The zero-order valence-corrected chi connectivity index (χ0v) is 19.7. The fraction of sp³-hybridized carbons (Fsp3) is 0.143. The highest BCUT2D eigenvalue weighted by Gasteiger charge is 2.24. The second-order valence-electron chi connectivity index (χ2n) is 8.99. The van der Waals surface area contributed by atoms with Crippen molar-refractivity contribution in [3.63, 3.8) is 0 Å². The Labute approximate surface area is 206 Å². The molecule has 6 nitrogen and oxygen atoms in total. The summed E-state index contributed by atoms with van der Waals surface area (Å²) in [6.45, 7) is 2.96. The van der Waals surface area contributed by atoms with E-state index in [2.05, 4.69) is 17.1 Å². The molecule has 4 aromatic carbocycles. The first-order chi connectivity index (χ1) is 16.7. The van der Waals surface area contributed by atoms with E-state index < -0.39 is 5.60 Å². The first kappa shape index (κ1) is 22.6. The standard InChI is InChI=1S/C28H19ClN4O2/c1-28(2,35)23(34)11-15-6-8-19-21(10-15)22-12-18(29)7-9-20(22)26-25(19)32-27(33-26)24-16(13-30)4-3-5-17(24)14-31/h3-10,12,35H,11H2,1-2H3,(H,32,33). The van der Waals surface area contributed by atoms with Crippen molar-refractivity contribution in [2.75, 3.05) is 0 Å². The molecular formula is C28H19ClN4O2. The van der Waals surface area contributed by atoms with Crippen molar-refractivity contribution in [3.05, 3.63) is 76.3 Å². The Morgan fingerprint density at radius 1 is 1.00 bits per heavy atom. The van der Waals surface area contributed by atoms with E-state index in [1.807, 2.05) is 30.3 Å². The Kier molecular flexibility index (Phi) is 5.29. The Morgan fingerprint density at radius 3 is 2.31 bits per heavy atom. The molecule has 1 heterocycles. The highest BCUT2D eigenvalue weighted by atomic mass is 35.5. The lowest BCUT2D eigenvalue weighted by atomic mass is 9.93. The number of aromatic nitrogens is 2. The third-order valence-electron chi connectivity index (χ3n) is 6.17. The molecule has 0 saturated carbocycles. The van der Waals surface area contributed by atoms with Gasteiger partial charge >= 0.3 is 0 Å². The zero-order chi connectivity index (χ0) is 24.9. The number of hydrogen-bond acceptors (Lipinski definition) is 5. The number of fused-ring (bicyclic) bond motifs is 6. The van der Waals surface area contributed by atoms with Crippen LogP contribution in [0.5, 0.6) is 0 Å². The van der Waals surface area contributed by atoms with Gasteiger partial charge < -0.3 is 10.1 Å². The maximum atomic E-state index is 12.4. The van der Waals surface area contributed by atoms with E-state index in [0.717, 1.165) is 32.6 Å². The number of nitriles is 2. The fourth-order valence-electron chi connectivity index (χ4n) is 4.36. The number of carbonyl (C=O) groups excluding carboxylic acids is 1. The molecule has 0 radical (unpaired) electrons. The first-order valence-electron chi connectivity index (χ1n) is 10.9. The van der Waals surface area contributed by atoms with Gasteiger partial charge in [0, 0.05) is 22.2 Å². The lowest BCUT2D eigenvalue weighted by Gasteiger charge is -2.16. The van der Waals surface area contributed by atoms with E-state index in [1.165, 1.54) is 13.8 Å². The number of hydrogen-bond donors (Lipinski definition) is 2.